The molecule has 0 amide bonds. The molecule has 0 unspecified atom stereocenters. The average molecular weight is 593 g/mol. The Labute approximate surface area is 258 Å². The SMILES string of the molecule is CCCCCc1ccc2c(OCCCCC(=O)OCCCC)c3ccccc3c(OCCCCC(=O)OCCCC)c2c1. The van der Waals surface area contributed by atoms with Crippen molar-refractivity contribution in [3.63, 3.8) is 0 Å². The molecule has 236 valence electrons. The van der Waals surface area contributed by atoms with Crippen LogP contribution >= 0.6 is 0 Å². The zero-order valence-corrected chi connectivity index (χ0v) is 26.7. The summed E-state index contributed by atoms with van der Waals surface area (Å²) in [5.74, 6) is 1.47. The number of unbranched alkanes of at least 4 members (excludes halogenated alkanes) is 6. The molecule has 6 heteroatoms. The number of carbonyl (C=O) groups is 2. The van der Waals surface area contributed by atoms with Crippen LogP contribution in [0.15, 0.2) is 42.5 Å². The molecule has 0 saturated heterocycles. The van der Waals surface area contributed by atoms with Crippen LogP contribution in [0, 0.1) is 0 Å². The summed E-state index contributed by atoms with van der Waals surface area (Å²) < 4.78 is 23.5. The van der Waals surface area contributed by atoms with Gasteiger partial charge in [0.05, 0.1) is 26.4 Å². The normalized spacial score (nSPS) is 11.1. The van der Waals surface area contributed by atoms with E-state index < -0.39 is 0 Å². The van der Waals surface area contributed by atoms with Crippen LogP contribution in [-0.2, 0) is 25.5 Å². The lowest BCUT2D eigenvalue weighted by molar-refractivity contribution is -0.144. The summed E-state index contributed by atoms with van der Waals surface area (Å²) in [6.45, 7) is 8.45. The minimum absolute atomic E-state index is 0.129. The monoisotopic (exact) mass is 592 g/mol. The molecule has 0 aliphatic carbocycles. The molecule has 0 aliphatic rings. The van der Waals surface area contributed by atoms with Crippen molar-refractivity contribution in [3.8, 4) is 11.5 Å². The Hall–Kier alpha value is -3.28. The van der Waals surface area contributed by atoms with Crippen LogP contribution in [-0.4, -0.2) is 38.4 Å². The van der Waals surface area contributed by atoms with Crippen LogP contribution in [0.3, 0.4) is 0 Å². The Morgan fingerprint density at radius 3 is 1.58 bits per heavy atom. The van der Waals surface area contributed by atoms with Gasteiger partial charge in [-0.2, -0.15) is 0 Å². The van der Waals surface area contributed by atoms with Gasteiger partial charge < -0.3 is 18.9 Å². The van der Waals surface area contributed by atoms with E-state index in [2.05, 4.69) is 51.1 Å². The van der Waals surface area contributed by atoms with E-state index in [4.69, 9.17) is 18.9 Å². The average Bonchev–Trinajstić information content (AvgIpc) is 3.01. The van der Waals surface area contributed by atoms with E-state index in [1.165, 1.54) is 18.4 Å². The first-order valence-corrected chi connectivity index (χ1v) is 16.6. The largest absolute Gasteiger partial charge is 0.492 e. The fourth-order valence-corrected chi connectivity index (χ4v) is 5.09. The lowest BCUT2D eigenvalue weighted by atomic mass is 9.97. The molecule has 0 radical (unpaired) electrons. The molecular formula is C37H52O6. The van der Waals surface area contributed by atoms with Crippen molar-refractivity contribution < 1.29 is 28.5 Å². The summed E-state index contributed by atoms with van der Waals surface area (Å²) in [5, 5.41) is 4.13. The predicted molar refractivity (Wildman–Crippen MR) is 175 cm³/mol. The molecule has 3 rings (SSSR count). The van der Waals surface area contributed by atoms with E-state index in [1.807, 2.05) is 12.1 Å². The van der Waals surface area contributed by atoms with Gasteiger partial charge in [0, 0.05) is 34.4 Å². The molecular weight excluding hydrogens is 540 g/mol. The first-order chi connectivity index (χ1) is 21.1. The number of rotatable bonds is 22. The molecule has 6 nitrogen and oxygen atoms in total. The third-order valence-corrected chi connectivity index (χ3v) is 7.62. The lowest BCUT2D eigenvalue weighted by Crippen LogP contribution is -2.07. The molecule has 3 aromatic rings. The van der Waals surface area contributed by atoms with Crippen molar-refractivity contribution in [2.24, 2.45) is 0 Å². The molecule has 0 spiro atoms. The van der Waals surface area contributed by atoms with Gasteiger partial charge in [-0.25, -0.2) is 0 Å². The van der Waals surface area contributed by atoms with Crippen LogP contribution < -0.4 is 9.47 Å². The molecule has 0 aliphatic heterocycles. The molecule has 0 saturated carbocycles. The molecule has 3 aromatic carbocycles. The van der Waals surface area contributed by atoms with Crippen LogP contribution in [0.25, 0.3) is 21.5 Å². The number of aryl methyl sites for hydroxylation is 1. The molecule has 0 atom stereocenters. The van der Waals surface area contributed by atoms with Crippen molar-refractivity contribution in [3.05, 3.63) is 48.0 Å². The predicted octanol–water partition coefficient (Wildman–Crippen LogP) is 9.51. The van der Waals surface area contributed by atoms with Gasteiger partial charge in [0.1, 0.15) is 11.5 Å². The highest BCUT2D eigenvalue weighted by Crippen LogP contribution is 2.43. The first kappa shape index (κ1) is 34.2. The maximum absolute atomic E-state index is 12.0. The Bertz CT molecular complexity index is 1270. The number of hydrogen-bond acceptors (Lipinski definition) is 6. The third-order valence-electron chi connectivity index (χ3n) is 7.62. The Morgan fingerprint density at radius 2 is 1.05 bits per heavy atom. The second kappa shape index (κ2) is 19.8. The Balaban J connectivity index is 1.75. The number of fused-ring (bicyclic) bond motifs is 2. The van der Waals surface area contributed by atoms with Crippen molar-refractivity contribution in [1.29, 1.82) is 0 Å². The number of hydrogen-bond donors (Lipinski definition) is 0. The molecule has 43 heavy (non-hydrogen) atoms. The van der Waals surface area contributed by atoms with E-state index in [0.29, 0.717) is 39.3 Å². The molecule has 0 bridgehead atoms. The van der Waals surface area contributed by atoms with Crippen LogP contribution in [0.2, 0.25) is 0 Å². The molecule has 0 fully saturated rings. The van der Waals surface area contributed by atoms with E-state index in [1.54, 1.807) is 0 Å². The first-order valence-electron chi connectivity index (χ1n) is 16.6. The van der Waals surface area contributed by atoms with Crippen LogP contribution in [0.4, 0.5) is 0 Å². The smallest absolute Gasteiger partial charge is 0.305 e. The second-order valence-corrected chi connectivity index (χ2v) is 11.3. The number of carbonyl (C=O) groups excluding carboxylic acids is 2. The highest BCUT2D eigenvalue weighted by atomic mass is 16.5. The van der Waals surface area contributed by atoms with Gasteiger partial charge in [-0.15, -0.1) is 0 Å². The van der Waals surface area contributed by atoms with E-state index >= 15 is 0 Å². The molecule has 0 N–H and O–H groups in total. The summed E-state index contributed by atoms with van der Waals surface area (Å²) in [6.07, 6.45) is 12.3. The third kappa shape index (κ3) is 11.4. The fraction of sp³-hybridized carbons (Fsp3) is 0.568. The highest BCUT2D eigenvalue weighted by Gasteiger charge is 2.17. The summed E-state index contributed by atoms with van der Waals surface area (Å²) in [4.78, 5) is 24.0. The number of esters is 2. The summed E-state index contributed by atoms with van der Waals surface area (Å²) >= 11 is 0. The Kier molecular flexibility index (Phi) is 15.8. The minimum atomic E-state index is -0.130. The zero-order chi connectivity index (χ0) is 30.7. The van der Waals surface area contributed by atoms with Crippen molar-refractivity contribution >= 4 is 33.5 Å². The summed E-state index contributed by atoms with van der Waals surface area (Å²) in [5.41, 5.74) is 1.29. The van der Waals surface area contributed by atoms with E-state index in [0.717, 1.165) is 97.3 Å². The number of ether oxygens (including phenoxy) is 4. The topological polar surface area (TPSA) is 71.1 Å². The number of benzene rings is 3. The summed E-state index contributed by atoms with van der Waals surface area (Å²) in [7, 11) is 0. The quantitative estimate of drug-likeness (QED) is 0.0657. The standard InChI is InChI=1S/C37H52O6/c1-4-7-10-17-29-22-23-32-33(28-29)37(43-27-16-14-21-35(39)41-25-9-6-3)31-19-12-11-18-30(31)36(32)42-26-15-13-20-34(38)40-24-8-5-2/h11-12,18-19,22-23,28H,4-10,13-17,20-21,24-27H2,1-3H3. The molecule has 0 heterocycles. The Morgan fingerprint density at radius 1 is 0.535 bits per heavy atom. The van der Waals surface area contributed by atoms with Gasteiger partial charge in [0.25, 0.3) is 0 Å². The molecule has 0 aromatic heterocycles. The van der Waals surface area contributed by atoms with Crippen molar-refractivity contribution in [2.45, 2.75) is 111 Å². The minimum Gasteiger partial charge on any atom is -0.492 e. The van der Waals surface area contributed by atoms with Gasteiger partial charge in [0.2, 0.25) is 0 Å². The summed E-state index contributed by atoms with van der Waals surface area (Å²) in [6, 6.07) is 14.9. The van der Waals surface area contributed by atoms with Gasteiger partial charge in [-0.05, 0) is 63.0 Å². The maximum atomic E-state index is 12.0. The van der Waals surface area contributed by atoms with Gasteiger partial charge in [0.15, 0.2) is 0 Å². The highest BCUT2D eigenvalue weighted by molar-refractivity contribution is 6.11. The van der Waals surface area contributed by atoms with Crippen molar-refractivity contribution in [2.75, 3.05) is 26.4 Å². The lowest BCUT2D eigenvalue weighted by Gasteiger charge is -2.19. The van der Waals surface area contributed by atoms with Crippen LogP contribution in [0.1, 0.15) is 110 Å². The van der Waals surface area contributed by atoms with Crippen molar-refractivity contribution in [1.82, 2.24) is 0 Å². The van der Waals surface area contributed by atoms with Crippen LogP contribution in [0.5, 0.6) is 11.5 Å². The van der Waals surface area contributed by atoms with E-state index in [-0.39, 0.29) is 11.9 Å². The zero-order valence-electron chi connectivity index (χ0n) is 26.7. The van der Waals surface area contributed by atoms with Gasteiger partial charge in [-0.3, -0.25) is 9.59 Å². The van der Waals surface area contributed by atoms with Gasteiger partial charge >= 0.3 is 11.9 Å². The second-order valence-electron chi connectivity index (χ2n) is 11.3. The maximum Gasteiger partial charge on any atom is 0.305 e. The van der Waals surface area contributed by atoms with E-state index in [9.17, 15) is 9.59 Å². The fourth-order valence-electron chi connectivity index (χ4n) is 5.09. The van der Waals surface area contributed by atoms with Gasteiger partial charge in [-0.1, -0.05) is 82.9 Å².